The number of methoxy groups -OCH3 is 2. The minimum absolute atomic E-state index is 0.0977. The molecule has 0 amide bonds. The molecule has 0 atom stereocenters. The van der Waals surface area contributed by atoms with Crippen molar-refractivity contribution in [1.29, 1.82) is 0 Å². The lowest BCUT2D eigenvalue weighted by Crippen LogP contribution is -2.18. The molecule has 6 nitrogen and oxygen atoms in total. The number of Topliss-reactive ketones (excluding diaryl/α,β-unsaturated/α-hetero) is 1. The highest BCUT2D eigenvalue weighted by molar-refractivity contribution is 6.16. The third-order valence-corrected chi connectivity index (χ3v) is 3.78. The lowest BCUT2D eigenvalue weighted by atomic mass is 9.93. The van der Waals surface area contributed by atoms with E-state index >= 15 is 0 Å². The van der Waals surface area contributed by atoms with Gasteiger partial charge in [-0.3, -0.25) is 14.8 Å². The van der Waals surface area contributed by atoms with Gasteiger partial charge in [0.1, 0.15) is 5.69 Å². The predicted octanol–water partition coefficient (Wildman–Crippen LogP) is 2.11. The molecule has 3 rings (SSSR count). The third kappa shape index (κ3) is 3.06. The number of carbonyl (C=O) groups excluding carboxylic acids is 1. The number of aromatic nitrogens is 2. The maximum Gasteiger partial charge on any atom is 0.188 e. The predicted molar refractivity (Wildman–Crippen MR) is 85.6 cm³/mol. The Morgan fingerprint density at radius 3 is 2.65 bits per heavy atom. The molecule has 6 heteroatoms. The summed E-state index contributed by atoms with van der Waals surface area (Å²) in [4.78, 5) is 24.9. The molecule has 1 aromatic carbocycles. The summed E-state index contributed by atoms with van der Waals surface area (Å²) in [5.41, 5.74) is 3.15. The minimum atomic E-state index is -0.0977. The summed E-state index contributed by atoms with van der Waals surface area (Å²) < 4.78 is 10.7. The van der Waals surface area contributed by atoms with Crippen LogP contribution in [0.1, 0.15) is 28.0 Å². The van der Waals surface area contributed by atoms with Gasteiger partial charge in [0.05, 0.1) is 32.5 Å². The first kappa shape index (κ1) is 15.1. The second kappa shape index (κ2) is 6.56. The fourth-order valence-electron chi connectivity index (χ4n) is 2.63. The van der Waals surface area contributed by atoms with E-state index in [0.29, 0.717) is 23.7 Å². The molecule has 1 aromatic heterocycles. The zero-order valence-electron chi connectivity index (χ0n) is 13.1. The van der Waals surface area contributed by atoms with Crippen LogP contribution in [0.15, 0.2) is 35.7 Å². The lowest BCUT2D eigenvalue weighted by molar-refractivity contribution is 0.0995. The van der Waals surface area contributed by atoms with E-state index in [1.54, 1.807) is 20.4 Å². The van der Waals surface area contributed by atoms with Gasteiger partial charge in [-0.05, 0) is 24.1 Å². The van der Waals surface area contributed by atoms with Crippen LogP contribution in [0.2, 0.25) is 0 Å². The SMILES string of the molecule is COc1cc2c(cc1OC)C(CC(=O)c1cnccn1)=NCC2. The fraction of sp³-hybridized carbons (Fsp3) is 0.294. The molecular formula is C17H17N3O3. The van der Waals surface area contributed by atoms with Gasteiger partial charge in [-0.1, -0.05) is 0 Å². The van der Waals surface area contributed by atoms with Gasteiger partial charge in [0.2, 0.25) is 0 Å². The lowest BCUT2D eigenvalue weighted by Gasteiger charge is -2.19. The van der Waals surface area contributed by atoms with Crippen molar-refractivity contribution in [3.05, 3.63) is 47.5 Å². The maximum absolute atomic E-state index is 12.4. The van der Waals surface area contributed by atoms with Gasteiger partial charge in [0.15, 0.2) is 17.3 Å². The number of nitrogens with zero attached hydrogens (tertiary/aromatic N) is 3. The number of rotatable bonds is 5. The summed E-state index contributed by atoms with van der Waals surface area (Å²) in [5.74, 6) is 1.22. The standard InChI is InChI=1S/C17H17N3O3/c1-22-16-7-11-3-4-19-13(12(11)8-17(16)23-2)9-15(21)14-10-18-5-6-20-14/h5-8,10H,3-4,9H2,1-2H3. The van der Waals surface area contributed by atoms with Crippen LogP contribution in [0.5, 0.6) is 11.5 Å². The van der Waals surface area contributed by atoms with E-state index in [4.69, 9.17) is 9.47 Å². The van der Waals surface area contributed by atoms with Gasteiger partial charge in [-0.15, -0.1) is 0 Å². The Morgan fingerprint density at radius 1 is 1.17 bits per heavy atom. The second-order valence-electron chi connectivity index (χ2n) is 5.13. The van der Waals surface area contributed by atoms with Crippen molar-refractivity contribution < 1.29 is 14.3 Å². The minimum Gasteiger partial charge on any atom is -0.493 e. The number of hydrogen-bond acceptors (Lipinski definition) is 6. The van der Waals surface area contributed by atoms with Crippen molar-refractivity contribution >= 4 is 11.5 Å². The van der Waals surface area contributed by atoms with Gasteiger partial charge < -0.3 is 9.47 Å². The Morgan fingerprint density at radius 2 is 1.96 bits per heavy atom. The zero-order valence-corrected chi connectivity index (χ0v) is 13.1. The summed E-state index contributed by atoms with van der Waals surface area (Å²) in [7, 11) is 3.20. The molecule has 1 aliphatic heterocycles. The van der Waals surface area contributed by atoms with E-state index in [1.165, 1.54) is 12.4 Å². The molecule has 0 unspecified atom stereocenters. The molecule has 23 heavy (non-hydrogen) atoms. The summed E-state index contributed by atoms with van der Waals surface area (Å²) in [6.45, 7) is 0.658. The van der Waals surface area contributed by atoms with Gasteiger partial charge in [-0.2, -0.15) is 0 Å². The molecule has 0 aliphatic carbocycles. The number of ketones is 1. The Balaban J connectivity index is 1.91. The monoisotopic (exact) mass is 311 g/mol. The molecule has 0 N–H and O–H groups in total. The second-order valence-corrected chi connectivity index (χ2v) is 5.13. The van der Waals surface area contributed by atoms with Gasteiger partial charge in [0.25, 0.3) is 0 Å². The number of carbonyl (C=O) groups is 1. The normalized spacial score (nSPS) is 13.0. The van der Waals surface area contributed by atoms with E-state index < -0.39 is 0 Å². The van der Waals surface area contributed by atoms with Crippen LogP contribution in [0.4, 0.5) is 0 Å². The molecule has 1 aliphatic rings. The molecule has 0 radical (unpaired) electrons. The van der Waals surface area contributed by atoms with Crippen LogP contribution in [0.3, 0.4) is 0 Å². The van der Waals surface area contributed by atoms with E-state index in [2.05, 4.69) is 15.0 Å². The van der Waals surface area contributed by atoms with E-state index in [0.717, 1.165) is 23.3 Å². The highest BCUT2D eigenvalue weighted by atomic mass is 16.5. The number of fused-ring (bicyclic) bond motifs is 1. The van der Waals surface area contributed by atoms with Crippen LogP contribution < -0.4 is 9.47 Å². The van der Waals surface area contributed by atoms with E-state index in [9.17, 15) is 4.79 Å². The Hall–Kier alpha value is -2.76. The van der Waals surface area contributed by atoms with Crippen LogP contribution in [0, 0.1) is 0 Å². The number of ether oxygens (including phenoxy) is 2. The van der Waals surface area contributed by atoms with Gasteiger partial charge >= 0.3 is 0 Å². The van der Waals surface area contributed by atoms with Crippen LogP contribution in [-0.2, 0) is 6.42 Å². The molecule has 2 aromatic rings. The molecule has 0 bridgehead atoms. The van der Waals surface area contributed by atoms with Crippen LogP contribution >= 0.6 is 0 Å². The van der Waals surface area contributed by atoms with Crippen molar-refractivity contribution in [2.75, 3.05) is 20.8 Å². The van der Waals surface area contributed by atoms with E-state index in [1.807, 2.05) is 12.1 Å². The quantitative estimate of drug-likeness (QED) is 0.791. The highest BCUT2D eigenvalue weighted by Crippen LogP contribution is 2.33. The molecule has 0 saturated carbocycles. The first-order chi connectivity index (χ1) is 11.2. The zero-order chi connectivity index (χ0) is 16.2. The Bertz CT molecular complexity index is 757. The molecule has 0 saturated heterocycles. The topological polar surface area (TPSA) is 73.7 Å². The smallest absolute Gasteiger partial charge is 0.188 e. The highest BCUT2D eigenvalue weighted by Gasteiger charge is 2.21. The molecule has 0 spiro atoms. The third-order valence-electron chi connectivity index (χ3n) is 3.78. The Labute approximate surface area is 134 Å². The van der Waals surface area contributed by atoms with Crippen molar-refractivity contribution in [3.8, 4) is 11.5 Å². The molecule has 118 valence electrons. The molecular weight excluding hydrogens is 294 g/mol. The number of benzene rings is 1. The summed E-state index contributed by atoms with van der Waals surface area (Å²) >= 11 is 0. The van der Waals surface area contributed by atoms with E-state index in [-0.39, 0.29) is 12.2 Å². The van der Waals surface area contributed by atoms with Gasteiger partial charge in [-0.25, -0.2) is 4.98 Å². The molecule has 2 heterocycles. The average molecular weight is 311 g/mol. The number of aliphatic imine (C=N–C) groups is 1. The van der Waals surface area contributed by atoms with Crippen molar-refractivity contribution in [1.82, 2.24) is 9.97 Å². The average Bonchev–Trinajstić information content (AvgIpc) is 2.61. The fourth-order valence-corrected chi connectivity index (χ4v) is 2.63. The van der Waals surface area contributed by atoms with Crippen molar-refractivity contribution in [3.63, 3.8) is 0 Å². The van der Waals surface area contributed by atoms with Crippen molar-refractivity contribution in [2.45, 2.75) is 12.8 Å². The first-order valence-corrected chi connectivity index (χ1v) is 7.30. The summed E-state index contributed by atoms with van der Waals surface area (Å²) in [6, 6.07) is 3.84. The van der Waals surface area contributed by atoms with Crippen molar-refractivity contribution in [2.24, 2.45) is 4.99 Å². The van der Waals surface area contributed by atoms with Crippen LogP contribution in [0.25, 0.3) is 0 Å². The summed E-state index contributed by atoms with van der Waals surface area (Å²) in [6.07, 6.45) is 5.54. The molecule has 0 fully saturated rings. The first-order valence-electron chi connectivity index (χ1n) is 7.30. The Kier molecular flexibility index (Phi) is 4.32. The largest absolute Gasteiger partial charge is 0.493 e. The maximum atomic E-state index is 12.4. The van der Waals surface area contributed by atoms with Crippen LogP contribution in [-0.4, -0.2) is 42.2 Å². The summed E-state index contributed by atoms with van der Waals surface area (Å²) in [5, 5.41) is 0. The van der Waals surface area contributed by atoms with Gasteiger partial charge in [0, 0.05) is 24.5 Å². The number of hydrogen-bond donors (Lipinski definition) is 0.